The largest absolute Gasteiger partial charge is 0.375 e. The highest BCUT2D eigenvalue weighted by Gasteiger charge is 2.35. The van der Waals surface area contributed by atoms with Crippen LogP contribution in [0.15, 0.2) is 0 Å². The standard InChI is InChI=1S/C18H23N5OS/c19-18-21-16-11(4-3-7-14(16)25-18)17(24)22-8-9-23-13-6-2-1-5-12(13)20-15(23)10-22/h11H,1-10H2,(H2,19,21). The number of aromatic nitrogens is 3. The molecule has 3 aliphatic rings. The van der Waals surface area contributed by atoms with E-state index >= 15 is 0 Å². The van der Waals surface area contributed by atoms with E-state index in [0.29, 0.717) is 11.7 Å². The SMILES string of the molecule is Nc1nc2c(s1)CCCC2C(=O)N1CCn2c(nc3c2CCCC3)C1. The van der Waals surface area contributed by atoms with Crippen LogP contribution in [0.3, 0.4) is 0 Å². The summed E-state index contributed by atoms with van der Waals surface area (Å²) < 4.78 is 2.37. The number of anilines is 1. The number of hydrogen-bond acceptors (Lipinski definition) is 5. The molecule has 6 nitrogen and oxygen atoms in total. The normalized spacial score (nSPS) is 22.2. The number of imidazole rings is 1. The van der Waals surface area contributed by atoms with E-state index in [9.17, 15) is 4.79 Å². The van der Waals surface area contributed by atoms with Crippen LogP contribution in [0.2, 0.25) is 0 Å². The maximum atomic E-state index is 13.2. The van der Waals surface area contributed by atoms with Gasteiger partial charge < -0.3 is 15.2 Å². The Bertz CT molecular complexity index is 839. The molecule has 2 aliphatic carbocycles. The maximum absolute atomic E-state index is 13.2. The van der Waals surface area contributed by atoms with Gasteiger partial charge in [0.1, 0.15) is 5.82 Å². The second-order valence-corrected chi connectivity index (χ2v) is 8.46. The lowest BCUT2D eigenvalue weighted by atomic mass is 9.89. The van der Waals surface area contributed by atoms with Gasteiger partial charge in [-0.1, -0.05) is 0 Å². The van der Waals surface area contributed by atoms with Crippen LogP contribution < -0.4 is 5.73 Å². The van der Waals surface area contributed by atoms with Crippen molar-refractivity contribution in [2.45, 2.75) is 64.0 Å². The van der Waals surface area contributed by atoms with Crippen LogP contribution in [0.1, 0.15) is 59.4 Å². The number of amides is 1. The first-order chi connectivity index (χ1) is 12.2. The molecule has 0 aromatic carbocycles. The second kappa shape index (κ2) is 5.83. The molecule has 1 aliphatic heterocycles. The molecule has 0 saturated carbocycles. The van der Waals surface area contributed by atoms with Crippen LogP contribution in [0.5, 0.6) is 0 Å². The Hall–Kier alpha value is -1.89. The third-order valence-corrected chi connectivity index (χ3v) is 6.78. The van der Waals surface area contributed by atoms with E-state index in [2.05, 4.69) is 9.55 Å². The van der Waals surface area contributed by atoms with Crippen LogP contribution in [0.25, 0.3) is 0 Å². The summed E-state index contributed by atoms with van der Waals surface area (Å²) in [6.07, 6.45) is 7.66. The Morgan fingerprint density at radius 3 is 2.92 bits per heavy atom. The zero-order chi connectivity index (χ0) is 17.0. The lowest BCUT2D eigenvalue weighted by Gasteiger charge is -2.32. The molecule has 2 aromatic heterocycles. The topological polar surface area (TPSA) is 77.0 Å². The average molecular weight is 357 g/mol. The predicted molar refractivity (Wildman–Crippen MR) is 96.5 cm³/mol. The molecule has 0 spiro atoms. The molecule has 132 valence electrons. The van der Waals surface area contributed by atoms with Gasteiger partial charge >= 0.3 is 0 Å². The molecule has 25 heavy (non-hydrogen) atoms. The minimum atomic E-state index is -0.117. The number of hydrogen-bond donors (Lipinski definition) is 1. The van der Waals surface area contributed by atoms with Gasteiger partial charge in [0, 0.05) is 23.7 Å². The van der Waals surface area contributed by atoms with Gasteiger partial charge in [-0.2, -0.15) is 0 Å². The Labute approximate surface area is 151 Å². The van der Waals surface area contributed by atoms with E-state index in [-0.39, 0.29) is 11.8 Å². The molecule has 2 N–H and O–H groups in total. The van der Waals surface area contributed by atoms with Crippen molar-refractivity contribution in [3.63, 3.8) is 0 Å². The summed E-state index contributed by atoms with van der Waals surface area (Å²) in [7, 11) is 0. The number of carbonyl (C=O) groups excluding carboxylic acids is 1. The summed E-state index contributed by atoms with van der Waals surface area (Å²) in [4.78, 5) is 25.7. The molecule has 0 fully saturated rings. The molecular formula is C18H23N5OS. The first kappa shape index (κ1) is 15.4. The van der Waals surface area contributed by atoms with Crippen LogP contribution >= 0.6 is 11.3 Å². The van der Waals surface area contributed by atoms with Crippen LogP contribution in [0, 0.1) is 0 Å². The van der Waals surface area contributed by atoms with Gasteiger partial charge in [-0.15, -0.1) is 11.3 Å². The van der Waals surface area contributed by atoms with Crippen LogP contribution in [-0.2, 0) is 37.1 Å². The molecule has 0 saturated heterocycles. The highest BCUT2D eigenvalue weighted by atomic mass is 32.1. The third-order valence-electron chi connectivity index (χ3n) is 5.82. The predicted octanol–water partition coefficient (Wildman–Crippen LogP) is 2.26. The van der Waals surface area contributed by atoms with Gasteiger partial charge in [0.05, 0.1) is 23.9 Å². The molecule has 2 aromatic rings. The number of nitrogens with zero attached hydrogens (tertiary/aromatic N) is 4. The second-order valence-electron chi connectivity index (χ2n) is 7.35. The molecule has 1 amide bonds. The van der Waals surface area contributed by atoms with E-state index in [4.69, 9.17) is 10.7 Å². The third kappa shape index (κ3) is 2.47. The minimum Gasteiger partial charge on any atom is -0.375 e. The Balaban J connectivity index is 1.40. The fraction of sp³-hybridized carbons (Fsp3) is 0.611. The number of rotatable bonds is 1. The van der Waals surface area contributed by atoms with E-state index in [1.54, 1.807) is 11.3 Å². The van der Waals surface area contributed by atoms with Gasteiger partial charge in [-0.05, 0) is 44.9 Å². The first-order valence-corrected chi connectivity index (χ1v) is 10.1. The zero-order valence-corrected chi connectivity index (χ0v) is 15.1. The summed E-state index contributed by atoms with van der Waals surface area (Å²) in [6, 6.07) is 0. The molecule has 3 heterocycles. The number of aryl methyl sites for hydroxylation is 2. The van der Waals surface area contributed by atoms with E-state index in [0.717, 1.165) is 56.7 Å². The Kier molecular flexibility index (Phi) is 3.58. The van der Waals surface area contributed by atoms with Gasteiger partial charge in [0.15, 0.2) is 5.13 Å². The number of carbonyl (C=O) groups is 1. The van der Waals surface area contributed by atoms with Gasteiger partial charge in [0.25, 0.3) is 0 Å². The van der Waals surface area contributed by atoms with Gasteiger partial charge in [0.2, 0.25) is 5.91 Å². The van der Waals surface area contributed by atoms with E-state index < -0.39 is 0 Å². The monoisotopic (exact) mass is 357 g/mol. The lowest BCUT2D eigenvalue weighted by molar-refractivity contribution is -0.134. The van der Waals surface area contributed by atoms with Crippen molar-refractivity contribution < 1.29 is 4.79 Å². The highest BCUT2D eigenvalue weighted by molar-refractivity contribution is 7.15. The van der Waals surface area contributed by atoms with Crippen molar-refractivity contribution in [1.82, 2.24) is 19.4 Å². The first-order valence-electron chi connectivity index (χ1n) is 9.31. The molecule has 0 radical (unpaired) electrons. The number of nitrogen functional groups attached to an aromatic ring is 1. The summed E-state index contributed by atoms with van der Waals surface area (Å²) >= 11 is 1.54. The van der Waals surface area contributed by atoms with Crippen LogP contribution in [0.4, 0.5) is 5.13 Å². The number of thiazole rings is 1. The summed E-state index contributed by atoms with van der Waals surface area (Å²) in [5, 5.41) is 0.589. The van der Waals surface area contributed by atoms with Gasteiger partial charge in [-0.25, -0.2) is 9.97 Å². The molecular weight excluding hydrogens is 334 g/mol. The smallest absolute Gasteiger partial charge is 0.232 e. The van der Waals surface area contributed by atoms with E-state index in [1.165, 1.54) is 29.1 Å². The lowest BCUT2D eigenvalue weighted by Crippen LogP contribution is -2.42. The maximum Gasteiger partial charge on any atom is 0.232 e. The highest BCUT2D eigenvalue weighted by Crippen LogP contribution is 2.37. The summed E-state index contributed by atoms with van der Waals surface area (Å²) in [5.74, 6) is 1.16. The van der Waals surface area contributed by atoms with Crippen molar-refractivity contribution in [2.75, 3.05) is 12.3 Å². The van der Waals surface area contributed by atoms with Crippen LogP contribution in [-0.4, -0.2) is 31.9 Å². The Morgan fingerprint density at radius 1 is 1.12 bits per heavy atom. The molecule has 1 atom stereocenters. The quantitative estimate of drug-likeness (QED) is 0.849. The van der Waals surface area contributed by atoms with Crippen molar-refractivity contribution in [1.29, 1.82) is 0 Å². The Morgan fingerprint density at radius 2 is 2.00 bits per heavy atom. The summed E-state index contributed by atoms with van der Waals surface area (Å²) in [5.41, 5.74) is 9.51. The summed E-state index contributed by atoms with van der Waals surface area (Å²) in [6.45, 7) is 2.29. The van der Waals surface area contributed by atoms with E-state index in [1.807, 2.05) is 4.90 Å². The minimum absolute atomic E-state index is 0.117. The fourth-order valence-electron chi connectivity index (χ4n) is 4.60. The zero-order valence-electron chi connectivity index (χ0n) is 14.3. The van der Waals surface area contributed by atoms with Gasteiger partial charge in [-0.3, -0.25) is 4.79 Å². The van der Waals surface area contributed by atoms with Crippen molar-refractivity contribution in [3.8, 4) is 0 Å². The average Bonchev–Trinajstić information content (AvgIpc) is 3.19. The van der Waals surface area contributed by atoms with Crippen molar-refractivity contribution in [2.24, 2.45) is 0 Å². The number of fused-ring (bicyclic) bond motifs is 4. The number of nitrogens with two attached hydrogens (primary N) is 1. The molecule has 0 bridgehead atoms. The molecule has 1 unspecified atom stereocenters. The van der Waals surface area contributed by atoms with Crippen molar-refractivity contribution >= 4 is 22.4 Å². The fourth-order valence-corrected chi connectivity index (χ4v) is 5.53. The molecule has 7 heteroatoms. The molecule has 5 rings (SSSR count). The van der Waals surface area contributed by atoms with Crippen molar-refractivity contribution in [3.05, 3.63) is 27.8 Å².